The maximum absolute atomic E-state index is 13.6. The number of hydrogen-bond donors (Lipinski definition) is 1. The van der Waals surface area contributed by atoms with Crippen molar-refractivity contribution in [3.8, 4) is 0 Å². The van der Waals surface area contributed by atoms with Crippen LogP contribution in [0, 0.1) is 5.82 Å². The average molecular weight is 312 g/mol. The smallest absolute Gasteiger partial charge is 0.228 e. The molecule has 1 fully saturated rings. The first-order valence-electron chi connectivity index (χ1n) is 7.58. The molecule has 1 aliphatic rings. The number of para-hydroxylation sites is 2. The Morgan fingerprint density at radius 1 is 1.13 bits per heavy atom. The Kier molecular flexibility index (Phi) is 4.37. The highest BCUT2D eigenvalue weighted by molar-refractivity contribution is 6.02. The van der Waals surface area contributed by atoms with Crippen molar-refractivity contribution < 1.29 is 14.0 Å². The minimum Gasteiger partial charge on any atom is -0.324 e. The van der Waals surface area contributed by atoms with Gasteiger partial charge in [-0.3, -0.25) is 9.59 Å². The van der Waals surface area contributed by atoms with E-state index in [1.807, 2.05) is 12.1 Å². The summed E-state index contributed by atoms with van der Waals surface area (Å²) in [6.07, 6.45) is 1.29. The monoisotopic (exact) mass is 312 g/mol. The van der Waals surface area contributed by atoms with E-state index in [4.69, 9.17) is 0 Å². The minimum atomic E-state index is -0.398. The van der Waals surface area contributed by atoms with E-state index < -0.39 is 5.82 Å². The Bertz CT molecular complexity index is 745. The Balaban J connectivity index is 1.76. The second-order valence-corrected chi connectivity index (χ2v) is 5.48. The summed E-state index contributed by atoms with van der Waals surface area (Å²) in [5.41, 5.74) is 1.61. The maximum Gasteiger partial charge on any atom is 0.228 e. The number of nitrogens with one attached hydrogen (secondary N) is 1. The van der Waals surface area contributed by atoms with Crippen molar-refractivity contribution >= 4 is 23.2 Å². The Hall–Kier alpha value is -2.69. The molecular formula is C18H17FN2O2. The number of anilines is 2. The predicted molar refractivity (Wildman–Crippen MR) is 86.8 cm³/mol. The van der Waals surface area contributed by atoms with Gasteiger partial charge in [-0.15, -0.1) is 0 Å². The van der Waals surface area contributed by atoms with E-state index in [2.05, 4.69) is 5.32 Å². The largest absolute Gasteiger partial charge is 0.324 e. The fourth-order valence-corrected chi connectivity index (χ4v) is 2.73. The van der Waals surface area contributed by atoms with Gasteiger partial charge < -0.3 is 10.2 Å². The van der Waals surface area contributed by atoms with Gasteiger partial charge in [-0.25, -0.2) is 4.39 Å². The molecule has 1 aliphatic heterocycles. The molecule has 0 bridgehead atoms. The summed E-state index contributed by atoms with van der Waals surface area (Å²) in [5.74, 6) is -0.652. The number of hydrogen-bond acceptors (Lipinski definition) is 2. The summed E-state index contributed by atoms with van der Waals surface area (Å²) in [6, 6.07) is 13.4. The second-order valence-electron chi connectivity index (χ2n) is 5.48. The highest BCUT2D eigenvalue weighted by Crippen LogP contribution is 2.29. The van der Waals surface area contributed by atoms with Crippen LogP contribution in [0.4, 0.5) is 15.8 Å². The Morgan fingerprint density at radius 3 is 2.61 bits per heavy atom. The number of carbonyl (C=O) groups is 2. The van der Waals surface area contributed by atoms with Crippen molar-refractivity contribution in [3.63, 3.8) is 0 Å². The van der Waals surface area contributed by atoms with Gasteiger partial charge in [-0.1, -0.05) is 30.3 Å². The molecule has 1 saturated heterocycles. The fourth-order valence-electron chi connectivity index (χ4n) is 2.73. The lowest BCUT2D eigenvalue weighted by atomic mass is 10.1. The third kappa shape index (κ3) is 3.39. The third-order valence-corrected chi connectivity index (χ3v) is 3.85. The van der Waals surface area contributed by atoms with E-state index in [0.29, 0.717) is 29.9 Å². The molecule has 4 nitrogen and oxygen atoms in total. The van der Waals surface area contributed by atoms with Crippen LogP contribution in [0.5, 0.6) is 0 Å². The van der Waals surface area contributed by atoms with E-state index in [0.717, 1.165) is 6.42 Å². The van der Waals surface area contributed by atoms with E-state index >= 15 is 0 Å². The van der Waals surface area contributed by atoms with Crippen LogP contribution in [-0.4, -0.2) is 18.4 Å². The van der Waals surface area contributed by atoms with Gasteiger partial charge in [-0.2, -0.15) is 0 Å². The van der Waals surface area contributed by atoms with Crippen molar-refractivity contribution in [2.24, 2.45) is 0 Å². The fraction of sp³-hybridized carbons (Fsp3) is 0.222. The van der Waals surface area contributed by atoms with Gasteiger partial charge in [0.25, 0.3) is 0 Å². The summed E-state index contributed by atoms with van der Waals surface area (Å²) >= 11 is 0. The van der Waals surface area contributed by atoms with Crippen LogP contribution in [0.25, 0.3) is 0 Å². The van der Waals surface area contributed by atoms with Gasteiger partial charge in [0.15, 0.2) is 0 Å². The number of halogens is 1. The Morgan fingerprint density at radius 2 is 1.87 bits per heavy atom. The lowest BCUT2D eigenvalue weighted by molar-refractivity contribution is -0.117. The summed E-state index contributed by atoms with van der Waals surface area (Å²) < 4.78 is 13.6. The van der Waals surface area contributed by atoms with E-state index in [1.54, 1.807) is 35.2 Å². The molecule has 0 aliphatic carbocycles. The highest BCUT2D eigenvalue weighted by atomic mass is 19.1. The van der Waals surface area contributed by atoms with Crippen molar-refractivity contribution in [1.82, 2.24) is 0 Å². The van der Waals surface area contributed by atoms with Gasteiger partial charge in [0, 0.05) is 13.0 Å². The van der Waals surface area contributed by atoms with E-state index in [-0.39, 0.29) is 18.2 Å². The van der Waals surface area contributed by atoms with Gasteiger partial charge in [0.05, 0.1) is 17.8 Å². The van der Waals surface area contributed by atoms with Crippen molar-refractivity contribution in [2.45, 2.75) is 19.3 Å². The van der Waals surface area contributed by atoms with Crippen LogP contribution in [0.3, 0.4) is 0 Å². The number of rotatable bonds is 4. The van der Waals surface area contributed by atoms with Crippen LogP contribution in [0.15, 0.2) is 48.5 Å². The third-order valence-electron chi connectivity index (χ3n) is 3.85. The SMILES string of the molecule is O=C(Cc1ccccc1F)Nc1ccccc1N1CCCC1=O. The molecule has 1 heterocycles. The molecule has 0 aromatic heterocycles. The number of benzene rings is 2. The molecule has 1 N–H and O–H groups in total. The first-order chi connectivity index (χ1) is 11.1. The zero-order valence-electron chi connectivity index (χ0n) is 12.6. The molecule has 2 aromatic carbocycles. The van der Waals surface area contributed by atoms with Crippen LogP contribution >= 0.6 is 0 Å². The quantitative estimate of drug-likeness (QED) is 0.943. The van der Waals surface area contributed by atoms with Crippen LogP contribution < -0.4 is 10.2 Å². The van der Waals surface area contributed by atoms with Crippen LogP contribution in [0.1, 0.15) is 18.4 Å². The van der Waals surface area contributed by atoms with Crippen molar-refractivity contribution in [2.75, 3.05) is 16.8 Å². The lowest BCUT2D eigenvalue weighted by Crippen LogP contribution is -2.26. The zero-order valence-corrected chi connectivity index (χ0v) is 12.6. The molecule has 3 rings (SSSR count). The summed E-state index contributed by atoms with van der Waals surface area (Å²) in [4.78, 5) is 25.8. The zero-order chi connectivity index (χ0) is 16.2. The summed E-state index contributed by atoms with van der Waals surface area (Å²) in [6.45, 7) is 0.652. The van der Waals surface area contributed by atoms with Gasteiger partial charge in [0.1, 0.15) is 5.82 Å². The summed E-state index contributed by atoms with van der Waals surface area (Å²) in [5, 5.41) is 2.78. The number of carbonyl (C=O) groups excluding carboxylic acids is 2. The number of amides is 2. The van der Waals surface area contributed by atoms with Crippen molar-refractivity contribution in [3.05, 3.63) is 59.9 Å². The molecule has 2 amide bonds. The lowest BCUT2D eigenvalue weighted by Gasteiger charge is -2.20. The topological polar surface area (TPSA) is 49.4 Å². The Labute approximate surface area is 133 Å². The molecule has 118 valence electrons. The molecule has 0 spiro atoms. The first kappa shape index (κ1) is 15.2. The standard InChI is InChI=1S/C18H17FN2O2/c19-14-7-2-1-6-13(14)12-17(22)20-15-8-3-4-9-16(15)21-11-5-10-18(21)23/h1-4,6-9H,5,10-12H2,(H,20,22). The normalized spacial score (nSPS) is 14.1. The van der Waals surface area contributed by atoms with E-state index in [1.165, 1.54) is 6.07 Å². The van der Waals surface area contributed by atoms with Crippen molar-refractivity contribution in [1.29, 1.82) is 0 Å². The highest BCUT2D eigenvalue weighted by Gasteiger charge is 2.24. The van der Waals surface area contributed by atoms with Gasteiger partial charge >= 0.3 is 0 Å². The molecule has 0 unspecified atom stereocenters. The summed E-state index contributed by atoms with van der Waals surface area (Å²) in [7, 11) is 0. The first-order valence-corrected chi connectivity index (χ1v) is 7.58. The molecule has 0 atom stereocenters. The predicted octanol–water partition coefficient (Wildman–Crippen LogP) is 3.13. The maximum atomic E-state index is 13.6. The minimum absolute atomic E-state index is 0.0467. The molecule has 5 heteroatoms. The molecule has 0 saturated carbocycles. The molecular weight excluding hydrogens is 295 g/mol. The van der Waals surface area contributed by atoms with Crippen LogP contribution in [0.2, 0.25) is 0 Å². The van der Waals surface area contributed by atoms with Gasteiger partial charge in [-0.05, 0) is 30.2 Å². The second kappa shape index (κ2) is 6.60. The molecule has 2 aromatic rings. The van der Waals surface area contributed by atoms with Gasteiger partial charge in [0.2, 0.25) is 11.8 Å². The average Bonchev–Trinajstić information content (AvgIpc) is 2.96. The van der Waals surface area contributed by atoms with E-state index in [9.17, 15) is 14.0 Å². The molecule has 0 radical (unpaired) electrons. The number of nitrogens with zero attached hydrogens (tertiary/aromatic N) is 1. The molecule has 23 heavy (non-hydrogen) atoms. The van der Waals surface area contributed by atoms with Crippen LogP contribution in [-0.2, 0) is 16.0 Å².